The standard InChI is InChI=1S/C22H35N5O4/c1-22(2)14-11-27(16(28)12-26-8-4-3-5-9-26)18(17(14)22)21(31)25-15(19(23)29)10-13-6-7-24-20(13)30/h13-15,17-18H,3-12H2,1-2H3,(H2,23,29)(H,24,30)(H,25,31)/t13-,14-,15?,17-,18-/m0/s1. The fourth-order valence-electron chi connectivity index (χ4n) is 5.90. The van der Waals surface area contributed by atoms with Crippen LogP contribution in [0, 0.1) is 23.2 Å². The van der Waals surface area contributed by atoms with Crippen LogP contribution in [0.4, 0.5) is 0 Å². The number of nitrogens with one attached hydrogen (secondary N) is 2. The van der Waals surface area contributed by atoms with Gasteiger partial charge in [0.1, 0.15) is 12.1 Å². The molecule has 0 aromatic rings. The number of piperidine rings is 2. The number of hydrogen-bond acceptors (Lipinski definition) is 5. The van der Waals surface area contributed by atoms with Gasteiger partial charge in [-0.2, -0.15) is 0 Å². The maximum Gasteiger partial charge on any atom is 0.243 e. The Kier molecular flexibility index (Phi) is 5.98. The molecule has 172 valence electrons. The Morgan fingerprint density at radius 3 is 2.55 bits per heavy atom. The molecule has 3 heterocycles. The quantitative estimate of drug-likeness (QED) is 0.497. The van der Waals surface area contributed by atoms with Gasteiger partial charge in [0.15, 0.2) is 0 Å². The summed E-state index contributed by atoms with van der Waals surface area (Å²) < 4.78 is 0. The third-order valence-electron chi connectivity index (χ3n) is 7.95. The predicted molar refractivity (Wildman–Crippen MR) is 113 cm³/mol. The van der Waals surface area contributed by atoms with Crippen LogP contribution < -0.4 is 16.4 Å². The van der Waals surface area contributed by atoms with E-state index in [9.17, 15) is 19.2 Å². The number of carbonyl (C=O) groups is 4. The van der Waals surface area contributed by atoms with Crippen LogP contribution in [0.3, 0.4) is 0 Å². The molecule has 1 saturated carbocycles. The number of rotatable bonds is 7. The second-order valence-corrected chi connectivity index (χ2v) is 10.3. The second-order valence-electron chi connectivity index (χ2n) is 10.3. The number of hydrogen-bond donors (Lipinski definition) is 3. The third-order valence-corrected chi connectivity index (χ3v) is 7.95. The molecular formula is C22H35N5O4. The third kappa shape index (κ3) is 4.29. The summed E-state index contributed by atoms with van der Waals surface area (Å²) in [7, 11) is 0. The lowest BCUT2D eigenvalue weighted by Gasteiger charge is -2.34. The Morgan fingerprint density at radius 1 is 1.23 bits per heavy atom. The molecule has 1 aliphatic carbocycles. The van der Waals surface area contributed by atoms with E-state index in [1.54, 1.807) is 4.90 Å². The lowest BCUT2D eigenvalue weighted by Crippen LogP contribution is -2.56. The summed E-state index contributed by atoms with van der Waals surface area (Å²) >= 11 is 0. The van der Waals surface area contributed by atoms with E-state index in [0.717, 1.165) is 25.9 Å². The van der Waals surface area contributed by atoms with Crippen molar-refractivity contribution in [2.75, 3.05) is 32.7 Å². The van der Waals surface area contributed by atoms with Gasteiger partial charge >= 0.3 is 0 Å². The van der Waals surface area contributed by atoms with Gasteiger partial charge in [-0.25, -0.2) is 0 Å². The van der Waals surface area contributed by atoms with Crippen LogP contribution in [-0.4, -0.2) is 78.2 Å². The van der Waals surface area contributed by atoms with Gasteiger partial charge in [-0.3, -0.25) is 24.1 Å². The first-order valence-electron chi connectivity index (χ1n) is 11.6. The first-order valence-corrected chi connectivity index (χ1v) is 11.6. The Morgan fingerprint density at radius 2 is 1.94 bits per heavy atom. The minimum Gasteiger partial charge on any atom is -0.368 e. The Hall–Kier alpha value is -2.16. The van der Waals surface area contributed by atoms with Crippen LogP contribution in [0.2, 0.25) is 0 Å². The van der Waals surface area contributed by atoms with Gasteiger partial charge in [0.05, 0.1) is 6.54 Å². The molecule has 0 aromatic heterocycles. The molecule has 9 nitrogen and oxygen atoms in total. The van der Waals surface area contributed by atoms with Crippen molar-refractivity contribution in [3.63, 3.8) is 0 Å². The van der Waals surface area contributed by atoms with Gasteiger partial charge in [0.2, 0.25) is 23.6 Å². The normalized spacial score (nSPS) is 32.8. The van der Waals surface area contributed by atoms with Crippen molar-refractivity contribution in [2.45, 2.75) is 58.0 Å². The molecule has 3 aliphatic heterocycles. The minimum atomic E-state index is -0.915. The van der Waals surface area contributed by atoms with Gasteiger partial charge < -0.3 is 21.3 Å². The average molecular weight is 434 g/mol. The van der Waals surface area contributed by atoms with E-state index in [1.165, 1.54) is 6.42 Å². The summed E-state index contributed by atoms with van der Waals surface area (Å²) in [5.74, 6) is -1.05. The zero-order valence-corrected chi connectivity index (χ0v) is 18.6. The highest BCUT2D eigenvalue weighted by molar-refractivity contribution is 5.93. The van der Waals surface area contributed by atoms with Crippen molar-refractivity contribution in [1.29, 1.82) is 0 Å². The van der Waals surface area contributed by atoms with E-state index >= 15 is 0 Å². The summed E-state index contributed by atoms with van der Waals surface area (Å²) in [6.45, 7) is 7.58. The molecule has 0 radical (unpaired) electrons. The fourth-order valence-corrected chi connectivity index (χ4v) is 5.90. The highest BCUT2D eigenvalue weighted by Crippen LogP contribution is 2.64. The molecule has 0 spiro atoms. The van der Waals surface area contributed by atoms with Gasteiger partial charge in [-0.15, -0.1) is 0 Å². The topological polar surface area (TPSA) is 125 Å². The van der Waals surface area contributed by atoms with E-state index in [4.69, 9.17) is 5.73 Å². The first-order chi connectivity index (χ1) is 14.7. The number of amides is 4. The van der Waals surface area contributed by atoms with Crippen molar-refractivity contribution in [2.24, 2.45) is 28.9 Å². The van der Waals surface area contributed by atoms with E-state index in [1.807, 2.05) is 0 Å². The number of nitrogens with zero attached hydrogens (tertiary/aromatic N) is 2. The molecule has 31 heavy (non-hydrogen) atoms. The van der Waals surface area contributed by atoms with Crippen LogP contribution in [0.1, 0.15) is 46.0 Å². The van der Waals surface area contributed by atoms with E-state index in [2.05, 4.69) is 29.4 Å². The summed E-state index contributed by atoms with van der Waals surface area (Å²) in [5, 5.41) is 5.53. The Bertz CT molecular complexity index is 763. The molecule has 9 heteroatoms. The number of fused-ring (bicyclic) bond motifs is 1. The van der Waals surface area contributed by atoms with Crippen LogP contribution in [0.25, 0.3) is 0 Å². The predicted octanol–water partition coefficient (Wildman–Crippen LogP) is -0.548. The Balaban J connectivity index is 1.44. The van der Waals surface area contributed by atoms with Gasteiger partial charge in [-0.05, 0) is 56.0 Å². The zero-order valence-electron chi connectivity index (χ0n) is 18.6. The lowest BCUT2D eigenvalue weighted by atomic mass is 9.96. The second kappa shape index (κ2) is 8.41. The monoisotopic (exact) mass is 433 g/mol. The van der Waals surface area contributed by atoms with Crippen LogP contribution in [0.5, 0.6) is 0 Å². The lowest BCUT2D eigenvalue weighted by molar-refractivity contribution is -0.142. The number of carbonyl (C=O) groups excluding carboxylic acids is 4. The van der Waals surface area contributed by atoms with E-state index in [0.29, 0.717) is 32.0 Å². The molecule has 4 N–H and O–H groups in total. The highest BCUT2D eigenvalue weighted by atomic mass is 16.2. The molecule has 1 unspecified atom stereocenters. The van der Waals surface area contributed by atoms with E-state index in [-0.39, 0.29) is 41.4 Å². The van der Waals surface area contributed by atoms with Gasteiger partial charge in [0.25, 0.3) is 0 Å². The van der Waals surface area contributed by atoms with Crippen LogP contribution in [0.15, 0.2) is 0 Å². The van der Waals surface area contributed by atoms with Crippen molar-refractivity contribution in [3.8, 4) is 0 Å². The largest absolute Gasteiger partial charge is 0.368 e. The molecule has 4 amide bonds. The summed E-state index contributed by atoms with van der Waals surface area (Å²) in [5.41, 5.74) is 5.55. The minimum absolute atomic E-state index is 0.00251. The summed E-state index contributed by atoms with van der Waals surface area (Å²) in [6, 6.07) is -1.50. The van der Waals surface area contributed by atoms with Crippen molar-refractivity contribution >= 4 is 23.6 Å². The van der Waals surface area contributed by atoms with Crippen LogP contribution >= 0.6 is 0 Å². The molecular weight excluding hydrogens is 398 g/mol. The number of likely N-dealkylation sites (tertiary alicyclic amines) is 2. The molecule has 3 saturated heterocycles. The van der Waals surface area contributed by atoms with E-state index < -0.39 is 18.0 Å². The first kappa shape index (κ1) is 22.0. The SMILES string of the molecule is CC1(C)[C@@H]2[C@@H](C(=O)NC(C[C@@H]3CCNC3=O)C(N)=O)N(C(=O)CN3CCCCC3)C[C@@H]21. The molecule has 4 fully saturated rings. The Labute approximate surface area is 183 Å². The van der Waals surface area contributed by atoms with Crippen molar-refractivity contribution < 1.29 is 19.2 Å². The van der Waals surface area contributed by atoms with Crippen molar-refractivity contribution in [3.05, 3.63) is 0 Å². The van der Waals surface area contributed by atoms with Crippen LogP contribution in [-0.2, 0) is 19.2 Å². The maximum atomic E-state index is 13.3. The molecule has 0 aromatic carbocycles. The highest BCUT2D eigenvalue weighted by Gasteiger charge is 2.69. The summed E-state index contributed by atoms with van der Waals surface area (Å²) in [6.07, 6.45) is 4.22. The number of nitrogens with two attached hydrogens (primary N) is 1. The van der Waals surface area contributed by atoms with Gasteiger partial charge in [0, 0.05) is 19.0 Å². The number of primary amides is 1. The zero-order chi connectivity index (χ0) is 22.3. The smallest absolute Gasteiger partial charge is 0.243 e. The average Bonchev–Trinajstić information content (AvgIpc) is 3.09. The maximum absolute atomic E-state index is 13.3. The molecule has 5 atom stereocenters. The van der Waals surface area contributed by atoms with Crippen molar-refractivity contribution in [1.82, 2.24) is 20.4 Å². The van der Waals surface area contributed by atoms with Gasteiger partial charge in [-0.1, -0.05) is 20.3 Å². The fraction of sp³-hybridized carbons (Fsp3) is 0.818. The molecule has 4 aliphatic rings. The molecule has 4 rings (SSSR count). The molecule has 0 bridgehead atoms. The summed E-state index contributed by atoms with van der Waals surface area (Å²) in [4.78, 5) is 54.3.